The Morgan fingerprint density at radius 3 is 2.19 bits per heavy atom. The molecule has 0 spiro atoms. The molecule has 0 fully saturated rings. The Morgan fingerprint density at radius 1 is 1.04 bits per heavy atom. The minimum Gasteiger partial charge on any atom is -0.326 e. The van der Waals surface area contributed by atoms with E-state index in [-0.39, 0.29) is 18.2 Å². The fourth-order valence-corrected chi connectivity index (χ4v) is 3.18. The summed E-state index contributed by atoms with van der Waals surface area (Å²) >= 11 is 5.94. The average Bonchev–Trinajstić information content (AvgIpc) is 2.61. The first-order valence-corrected chi connectivity index (χ1v) is 9.28. The van der Waals surface area contributed by atoms with Crippen LogP contribution < -0.4 is 10.2 Å². The van der Waals surface area contributed by atoms with E-state index in [1.165, 1.54) is 0 Å². The fraction of sp³-hybridized carbons (Fsp3) is 0.333. The number of rotatable bonds is 7. The van der Waals surface area contributed by atoms with Crippen molar-refractivity contribution >= 4 is 34.8 Å². The molecule has 0 unspecified atom stereocenters. The van der Waals surface area contributed by atoms with Crippen molar-refractivity contribution < 1.29 is 9.59 Å². The monoisotopic (exact) mass is 372 g/mol. The van der Waals surface area contributed by atoms with Gasteiger partial charge in [-0.05, 0) is 42.2 Å². The number of nitrogens with zero attached hydrogens (tertiary/aromatic N) is 1. The molecule has 0 saturated carbocycles. The molecule has 0 aliphatic carbocycles. The van der Waals surface area contributed by atoms with Crippen LogP contribution >= 0.6 is 11.6 Å². The molecule has 0 aliphatic heterocycles. The van der Waals surface area contributed by atoms with Crippen molar-refractivity contribution in [2.24, 2.45) is 0 Å². The highest BCUT2D eigenvalue weighted by Crippen LogP contribution is 2.27. The first-order valence-electron chi connectivity index (χ1n) is 8.90. The number of nitrogens with one attached hydrogen (secondary N) is 1. The maximum atomic E-state index is 12.3. The Labute approximate surface area is 160 Å². The number of amides is 2. The molecule has 5 heteroatoms. The summed E-state index contributed by atoms with van der Waals surface area (Å²) in [5.74, 6) is -0.207. The highest BCUT2D eigenvalue weighted by atomic mass is 35.5. The summed E-state index contributed by atoms with van der Waals surface area (Å²) in [6.07, 6.45) is 1.89. The molecular weight excluding hydrogens is 348 g/mol. The molecule has 1 N–H and O–H groups in total. The molecular formula is C21H25ClN2O2. The average molecular weight is 373 g/mol. The second-order valence-electron chi connectivity index (χ2n) is 6.11. The van der Waals surface area contributed by atoms with Gasteiger partial charge in [0.05, 0.1) is 0 Å². The number of carbonyl (C=O) groups excluding carboxylic acids is 2. The number of carbonyl (C=O) groups is 2. The second kappa shape index (κ2) is 9.39. The molecule has 4 nitrogen and oxygen atoms in total. The van der Waals surface area contributed by atoms with Gasteiger partial charge in [-0.25, -0.2) is 0 Å². The van der Waals surface area contributed by atoms with Crippen molar-refractivity contribution in [1.82, 2.24) is 0 Å². The van der Waals surface area contributed by atoms with E-state index in [2.05, 4.69) is 19.2 Å². The van der Waals surface area contributed by atoms with Crippen LogP contribution in [0, 0.1) is 0 Å². The zero-order chi connectivity index (χ0) is 19.1. The topological polar surface area (TPSA) is 49.4 Å². The second-order valence-corrected chi connectivity index (χ2v) is 6.55. The third-order valence-corrected chi connectivity index (χ3v) is 4.52. The molecule has 26 heavy (non-hydrogen) atoms. The molecule has 0 aliphatic rings. The van der Waals surface area contributed by atoms with Gasteiger partial charge in [0.15, 0.2) is 0 Å². The number of benzene rings is 2. The Balaban J connectivity index is 2.14. The van der Waals surface area contributed by atoms with Crippen LogP contribution in [0.2, 0.25) is 5.02 Å². The third-order valence-electron chi connectivity index (χ3n) is 4.29. The van der Waals surface area contributed by atoms with E-state index in [1.54, 1.807) is 36.1 Å². The lowest BCUT2D eigenvalue weighted by molar-refractivity contribution is -0.117. The summed E-state index contributed by atoms with van der Waals surface area (Å²) in [5, 5.41) is 3.39. The first-order chi connectivity index (χ1) is 12.5. The summed E-state index contributed by atoms with van der Waals surface area (Å²) in [5.41, 5.74) is 3.84. The standard InChI is InChI=1S/C21H25ClN2O2/c1-4-16-8-6-9-17(5-2)21(16)24(15(3)25)13-12-20(26)23-19-11-7-10-18(22)14-19/h6-11,14H,4-5,12-13H2,1-3H3,(H,23,26). The number of hydrogen-bond acceptors (Lipinski definition) is 2. The molecule has 2 aromatic rings. The number of aryl methyl sites for hydroxylation is 2. The van der Waals surface area contributed by atoms with E-state index < -0.39 is 0 Å². The van der Waals surface area contributed by atoms with Crippen LogP contribution in [-0.4, -0.2) is 18.4 Å². The van der Waals surface area contributed by atoms with Gasteiger partial charge >= 0.3 is 0 Å². The van der Waals surface area contributed by atoms with Gasteiger partial charge < -0.3 is 10.2 Å². The summed E-state index contributed by atoms with van der Waals surface area (Å²) in [7, 11) is 0. The Hall–Kier alpha value is -2.33. The Bertz CT molecular complexity index is 767. The molecule has 0 bridgehead atoms. The van der Waals surface area contributed by atoms with Gasteiger partial charge in [0, 0.05) is 36.3 Å². The molecule has 0 atom stereocenters. The van der Waals surface area contributed by atoms with Gasteiger partial charge in [-0.15, -0.1) is 0 Å². The van der Waals surface area contributed by atoms with E-state index in [9.17, 15) is 9.59 Å². The smallest absolute Gasteiger partial charge is 0.226 e. The summed E-state index contributed by atoms with van der Waals surface area (Å²) in [6.45, 7) is 6.03. The van der Waals surface area contributed by atoms with Crippen LogP contribution in [0.1, 0.15) is 38.3 Å². The zero-order valence-corrected chi connectivity index (χ0v) is 16.3. The summed E-state index contributed by atoms with van der Waals surface area (Å²) < 4.78 is 0. The van der Waals surface area contributed by atoms with Crippen molar-refractivity contribution in [3.05, 3.63) is 58.6 Å². The van der Waals surface area contributed by atoms with E-state index in [0.717, 1.165) is 29.7 Å². The first kappa shape index (κ1) is 20.0. The van der Waals surface area contributed by atoms with Gasteiger partial charge in [0.25, 0.3) is 0 Å². The van der Waals surface area contributed by atoms with Crippen molar-refractivity contribution in [3.8, 4) is 0 Å². The van der Waals surface area contributed by atoms with Crippen LogP contribution in [0.5, 0.6) is 0 Å². The van der Waals surface area contributed by atoms with Gasteiger partial charge in [-0.2, -0.15) is 0 Å². The normalized spacial score (nSPS) is 10.5. The molecule has 138 valence electrons. The van der Waals surface area contributed by atoms with Crippen LogP contribution in [0.15, 0.2) is 42.5 Å². The lowest BCUT2D eigenvalue weighted by atomic mass is 10.0. The number of hydrogen-bond donors (Lipinski definition) is 1. The number of anilines is 2. The molecule has 0 radical (unpaired) electrons. The Morgan fingerprint density at radius 2 is 1.65 bits per heavy atom. The van der Waals surface area contributed by atoms with E-state index in [4.69, 9.17) is 11.6 Å². The van der Waals surface area contributed by atoms with Crippen molar-refractivity contribution in [1.29, 1.82) is 0 Å². The molecule has 2 amide bonds. The highest BCUT2D eigenvalue weighted by Gasteiger charge is 2.19. The minimum absolute atomic E-state index is 0.0591. The van der Waals surface area contributed by atoms with Gasteiger partial charge in [-0.3, -0.25) is 9.59 Å². The largest absolute Gasteiger partial charge is 0.326 e. The number of para-hydroxylation sites is 1. The van der Waals surface area contributed by atoms with Gasteiger partial charge in [0.2, 0.25) is 11.8 Å². The predicted molar refractivity (Wildman–Crippen MR) is 108 cm³/mol. The van der Waals surface area contributed by atoms with E-state index in [1.807, 2.05) is 18.2 Å². The highest BCUT2D eigenvalue weighted by molar-refractivity contribution is 6.30. The molecule has 2 rings (SSSR count). The molecule has 0 heterocycles. The lowest BCUT2D eigenvalue weighted by Crippen LogP contribution is -2.33. The lowest BCUT2D eigenvalue weighted by Gasteiger charge is -2.26. The van der Waals surface area contributed by atoms with Crippen LogP contribution in [-0.2, 0) is 22.4 Å². The quantitative estimate of drug-likeness (QED) is 0.755. The summed E-state index contributed by atoms with van der Waals surface area (Å²) in [4.78, 5) is 26.3. The minimum atomic E-state index is -0.148. The predicted octanol–water partition coefficient (Wildman–Crippen LogP) is 4.85. The van der Waals surface area contributed by atoms with Crippen molar-refractivity contribution in [2.75, 3.05) is 16.8 Å². The van der Waals surface area contributed by atoms with Crippen LogP contribution in [0.4, 0.5) is 11.4 Å². The molecule has 0 saturated heterocycles. The molecule has 0 aromatic heterocycles. The summed E-state index contributed by atoms with van der Waals surface area (Å²) in [6, 6.07) is 13.1. The maximum Gasteiger partial charge on any atom is 0.226 e. The fourth-order valence-electron chi connectivity index (χ4n) is 2.99. The van der Waals surface area contributed by atoms with Crippen LogP contribution in [0.25, 0.3) is 0 Å². The van der Waals surface area contributed by atoms with Crippen LogP contribution in [0.3, 0.4) is 0 Å². The van der Waals surface area contributed by atoms with Gasteiger partial charge in [0.1, 0.15) is 0 Å². The van der Waals surface area contributed by atoms with Crippen molar-refractivity contribution in [2.45, 2.75) is 40.0 Å². The van der Waals surface area contributed by atoms with E-state index in [0.29, 0.717) is 17.3 Å². The zero-order valence-electron chi connectivity index (χ0n) is 15.5. The molecule has 2 aromatic carbocycles. The van der Waals surface area contributed by atoms with Gasteiger partial charge in [-0.1, -0.05) is 49.7 Å². The number of halogens is 1. The SMILES string of the molecule is CCc1cccc(CC)c1N(CCC(=O)Nc1cccc(Cl)c1)C(C)=O. The maximum absolute atomic E-state index is 12.3. The third kappa shape index (κ3) is 5.09. The van der Waals surface area contributed by atoms with Crippen molar-refractivity contribution in [3.63, 3.8) is 0 Å². The Kier molecular flexibility index (Phi) is 7.22. The van der Waals surface area contributed by atoms with E-state index >= 15 is 0 Å².